The van der Waals surface area contributed by atoms with Crippen LogP contribution in [0.4, 0.5) is 0 Å². The number of nitrogens with two attached hydrogens (primary N) is 1. The number of carbonyl (C=O) groups is 1. The Morgan fingerprint density at radius 1 is 1.48 bits per heavy atom. The summed E-state index contributed by atoms with van der Waals surface area (Å²) in [5.74, 6) is 0.233. The molecule has 3 nitrogen and oxygen atoms in total. The maximum atomic E-state index is 12.3. The molecule has 1 fully saturated rings. The molecule has 1 aromatic rings. The molecule has 5 heteroatoms. The van der Waals surface area contributed by atoms with Crippen molar-refractivity contribution >= 4 is 29.9 Å². The normalized spacial score (nSPS) is 19.2. The molecule has 1 saturated heterocycles. The van der Waals surface area contributed by atoms with Gasteiger partial charge in [0, 0.05) is 30.1 Å². The molecule has 1 heterocycles. The lowest BCUT2D eigenvalue weighted by Gasteiger charge is -2.25. The van der Waals surface area contributed by atoms with E-state index in [1.54, 1.807) is 0 Å². The summed E-state index contributed by atoms with van der Waals surface area (Å²) in [6.45, 7) is 2.81. The lowest BCUT2D eigenvalue weighted by Crippen LogP contribution is -2.37. The van der Waals surface area contributed by atoms with Crippen molar-refractivity contribution < 1.29 is 4.79 Å². The average molecular weight is 331 g/mol. The summed E-state index contributed by atoms with van der Waals surface area (Å²) in [5.41, 5.74) is 6.86. The van der Waals surface area contributed by atoms with E-state index < -0.39 is 0 Å². The van der Waals surface area contributed by atoms with Crippen LogP contribution in [0.15, 0.2) is 24.3 Å². The van der Waals surface area contributed by atoms with Crippen LogP contribution >= 0.6 is 24.0 Å². The minimum atomic E-state index is 0. The Kier molecular flexibility index (Phi) is 7.50. The zero-order valence-electron chi connectivity index (χ0n) is 12.4. The second-order valence-corrected chi connectivity index (χ2v) is 6.10. The molecule has 21 heavy (non-hydrogen) atoms. The zero-order valence-corrected chi connectivity index (χ0v) is 14.0. The van der Waals surface area contributed by atoms with Crippen molar-refractivity contribution in [1.82, 2.24) is 4.90 Å². The monoisotopic (exact) mass is 330 g/mol. The highest BCUT2D eigenvalue weighted by atomic mass is 35.5. The van der Waals surface area contributed by atoms with Gasteiger partial charge in [-0.15, -0.1) is 12.4 Å². The lowest BCUT2D eigenvalue weighted by molar-refractivity contribution is -0.132. The van der Waals surface area contributed by atoms with Gasteiger partial charge in [0.25, 0.3) is 0 Å². The Balaban J connectivity index is 0.00000220. The Hall–Kier alpha value is -0.770. The Morgan fingerprint density at radius 2 is 2.19 bits per heavy atom. The fraction of sp³-hybridized carbons (Fsp3) is 0.562. The molecule has 1 aliphatic rings. The summed E-state index contributed by atoms with van der Waals surface area (Å²) in [6, 6.07) is 8.27. The fourth-order valence-electron chi connectivity index (χ4n) is 2.79. The Labute approximate surface area is 138 Å². The number of hydrogen-bond acceptors (Lipinski definition) is 2. The van der Waals surface area contributed by atoms with Crippen molar-refractivity contribution in [3.05, 3.63) is 34.9 Å². The first-order chi connectivity index (χ1) is 9.58. The Morgan fingerprint density at radius 3 is 2.86 bits per heavy atom. The van der Waals surface area contributed by atoms with Crippen LogP contribution in [-0.2, 0) is 11.2 Å². The summed E-state index contributed by atoms with van der Waals surface area (Å²) in [6.07, 6.45) is 4.31. The molecule has 0 bridgehead atoms. The van der Waals surface area contributed by atoms with Gasteiger partial charge in [0.2, 0.25) is 5.91 Å². The summed E-state index contributed by atoms with van der Waals surface area (Å²) < 4.78 is 0. The van der Waals surface area contributed by atoms with E-state index in [0.717, 1.165) is 42.8 Å². The third-order valence-corrected chi connectivity index (χ3v) is 4.29. The number of hydrogen-bond donors (Lipinski definition) is 1. The maximum absolute atomic E-state index is 12.3. The largest absolute Gasteiger partial charge is 0.339 e. The molecule has 2 unspecified atom stereocenters. The molecule has 0 radical (unpaired) electrons. The van der Waals surface area contributed by atoms with Gasteiger partial charge in [-0.1, -0.05) is 29.8 Å². The van der Waals surface area contributed by atoms with Gasteiger partial charge in [-0.25, -0.2) is 0 Å². The van der Waals surface area contributed by atoms with Crippen LogP contribution in [0, 0.1) is 0 Å². The highest BCUT2D eigenvalue weighted by Gasteiger charge is 2.28. The summed E-state index contributed by atoms with van der Waals surface area (Å²) >= 11 is 6.21. The van der Waals surface area contributed by atoms with Crippen LogP contribution in [0.1, 0.15) is 38.2 Å². The second-order valence-electron chi connectivity index (χ2n) is 5.69. The van der Waals surface area contributed by atoms with Gasteiger partial charge in [-0.2, -0.15) is 0 Å². The minimum absolute atomic E-state index is 0. The quantitative estimate of drug-likeness (QED) is 0.899. The molecule has 2 atom stereocenters. The molecule has 118 valence electrons. The van der Waals surface area contributed by atoms with E-state index in [9.17, 15) is 4.79 Å². The third kappa shape index (κ3) is 5.17. The predicted octanol–water partition coefficient (Wildman–Crippen LogP) is 3.42. The average Bonchev–Trinajstić information content (AvgIpc) is 2.87. The molecule has 0 spiro atoms. The van der Waals surface area contributed by atoms with Gasteiger partial charge in [0.1, 0.15) is 0 Å². The highest BCUT2D eigenvalue weighted by Crippen LogP contribution is 2.25. The van der Waals surface area contributed by atoms with Crippen LogP contribution in [0.2, 0.25) is 5.02 Å². The smallest absolute Gasteiger partial charge is 0.222 e. The molecule has 1 aromatic carbocycles. The third-order valence-electron chi connectivity index (χ3n) is 3.92. The van der Waals surface area contributed by atoms with Crippen molar-refractivity contribution in [2.45, 2.75) is 51.1 Å². The van der Waals surface area contributed by atoms with E-state index in [-0.39, 0.29) is 30.4 Å². The number of nitrogens with zero attached hydrogens (tertiary/aromatic N) is 1. The molecule has 2 rings (SSSR count). The van der Waals surface area contributed by atoms with Gasteiger partial charge in [0.15, 0.2) is 0 Å². The van der Waals surface area contributed by atoms with Crippen LogP contribution in [0.3, 0.4) is 0 Å². The van der Waals surface area contributed by atoms with Crippen LogP contribution < -0.4 is 5.73 Å². The molecule has 2 N–H and O–H groups in total. The van der Waals surface area contributed by atoms with Gasteiger partial charge in [0.05, 0.1) is 0 Å². The van der Waals surface area contributed by atoms with Crippen LogP contribution in [0.5, 0.6) is 0 Å². The van der Waals surface area contributed by atoms with E-state index in [1.807, 2.05) is 36.1 Å². The van der Waals surface area contributed by atoms with Crippen molar-refractivity contribution in [3.8, 4) is 0 Å². The molecule has 0 aliphatic carbocycles. The highest BCUT2D eigenvalue weighted by molar-refractivity contribution is 6.31. The molecular formula is C16H24Cl2N2O. The molecule has 1 aliphatic heterocycles. The number of likely N-dealkylation sites (tertiary alicyclic amines) is 1. The number of amides is 1. The standard InChI is InChI=1S/C16H23ClN2O.ClH/c1-12(18)8-9-16(20)19-10-4-6-14(19)11-13-5-2-3-7-15(13)17;/h2-3,5,7,12,14H,4,6,8-11,18H2,1H3;1H. The van der Waals surface area contributed by atoms with E-state index in [0.29, 0.717) is 6.42 Å². The topological polar surface area (TPSA) is 46.3 Å². The van der Waals surface area contributed by atoms with E-state index in [2.05, 4.69) is 0 Å². The van der Waals surface area contributed by atoms with E-state index >= 15 is 0 Å². The zero-order chi connectivity index (χ0) is 14.5. The predicted molar refractivity (Wildman–Crippen MR) is 90.0 cm³/mol. The molecule has 1 amide bonds. The number of halogens is 2. The van der Waals surface area contributed by atoms with Crippen molar-refractivity contribution in [2.75, 3.05) is 6.54 Å². The number of carbonyl (C=O) groups excluding carboxylic acids is 1. The summed E-state index contributed by atoms with van der Waals surface area (Å²) in [4.78, 5) is 14.3. The Bertz CT molecular complexity index is 465. The number of benzene rings is 1. The number of rotatable bonds is 5. The van der Waals surface area contributed by atoms with Crippen LogP contribution in [0.25, 0.3) is 0 Å². The van der Waals surface area contributed by atoms with E-state index in [4.69, 9.17) is 17.3 Å². The lowest BCUT2D eigenvalue weighted by atomic mass is 10.0. The van der Waals surface area contributed by atoms with Crippen LogP contribution in [-0.4, -0.2) is 29.4 Å². The van der Waals surface area contributed by atoms with E-state index in [1.165, 1.54) is 0 Å². The van der Waals surface area contributed by atoms with Gasteiger partial charge < -0.3 is 10.6 Å². The van der Waals surface area contributed by atoms with Gasteiger partial charge >= 0.3 is 0 Å². The molecule has 0 aromatic heterocycles. The maximum Gasteiger partial charge on any atom is 0.222 e. The minimum Gasteiger partial charge on any atom is -0.339 e. The van der Waals surface area contributed by atoms with Crippen molar-refractivity contribution in [1.29, 1.82) is 0 Å². The summed E-state index contributed by atoms with van der Waals surface area (Å²) in [5, 5.41) is 0.794. The van der Waals surface area contributed by atoms with Crippen molar-refractivity contribution in [3.63, 3.8) is 0 Å². The molecular weight excluding hydrogens is 307 g/mol. The SMILES string of the molecule is CC(N)CCC(=O)N1CCCC1Cc1ccccc1Cl.Cl. The van der Waals surface area contributed by atoms with Gasteiger partial charge in [-0.3, -0.25) is 4.79 Å². The summed E-state index contributed by atoms with van der Waals surface area (Å²) in [7, 11) is 0. The second kappa shape index (κ2) is 8.62. The first-order valence-corrected chi connectivity index (χ1v) is 7.74. The molecule has 0 saturated carbocycles. The first kappa shape index (κ1) is 18.3. The van der Waals surface area contributed by atoms with Gasteiger partial charge in [-0.05, 0) is 44.2 Å². The first-order valence-electron chi connectivity index (χ1n) is 7.36. The fourth-order valence-corrected chi connectivity index (χ4v) is 3.00. The van der Waals surface area contributed by atoms with Crippen molar-refractivity contribution in [2.24, 2.45) is 5.73 Å².